The summed E-state index contributed by atoms with van der Waals surface area (Å²) in [6.07, 6.45) is 8.42. The number of rotatable bonds is 7. The van der Waals surface area contributed by atoms with E-state index in [1.54, 1.807) is 0 Å². The zero-order valence-corrected chi connectivity index (χ0v) is 10.1. The van der Waals surface area contributed by atoms with E-state index in [-0.39, 0.29) is 11.8 Å². The number of benzene rings is 1. The molecule has 0 aliphatic carbocycles. The molecule has 1 aromatic carbocycles. The highest BCUT2D eigenvalue weighted by Crippen LogP contribution is 2.16. The second-order valence-corrected chi connectivity index (χ2v) is 4.15. The van der Waals surface area contributed by atoms with E-state index in [1.165, 1.54) is 0 Å². The molecule has 1 aromatic rings. The molecule has 0 saturated heterocycles. The SMILES string of the molecule is C#CCCCC(=O)CCC(N)c1ccccc1. The van der Waals surface area contributed by atoms with Gasteiger partial charge in [0.2, 0.25) is 0 Å². The van der Waals surface area contributed by atoms with E-state index in [9.17, 15) is 4.79 Å². The van der Waals surface area contributed by atoms with Crippen LogP contribution in [0.15, 0.2) is 30.3 Å². The van der Waals surface area contributed by atoms with Crippen molar-refractivity contribution in [2.45, 2.75) is 38.1 Å². The summed E-state index contributed by atoms with van der Waals surface area (Å²) < 4.78 is 0. The van der Waals surface area contributed by atoms with Crippen LogP contribution >= 0.6 is 0 Å². The van der Waals surface area contributed by atoms with Gasteiger partial charge in [-0.1, -0.05) is 30.3 Å². The first kappa shape index (κ1) is 13.5. The highest BCUT2D eigenvalue weighted by Gasteiger charge is 2.08. The van der Waals surface area contributed by atoms with Crippen molar-refractivity contribution in [2.75, 3.05) is 0 Å². The first-order valence-corrected chi connectivity index (χ1v) is 5.99. The molecule has 0 bridgehead atoms. The number of carbonyl (C=O) groups is 1. The Morgan fingerprint density at radius 2 is 2.00 bits per heavy atom. The van der Waals surface area contributed by atoms with Gasteiger partial charge in [0.15, 0.2) is 0 Å². The van der Waals surface area contributed by atoms with Crippen LogP contribution in [0.5, 0.6) is 0 Å². The number of terminal acetylenes is 1. The molecule has 0 radical (unpaired) electrons. The molecule has 1 atom stereocenters. The number of ketones is 1. The average molecular weight is 229 g/mol. The second kappa shape index (κ2) is 7.65. The van der Waals surface area contributed by atoms with Gasteiger partial charge in [-0.05, 0) is 18.4 Å². The second-order valence-electron chi connectivity index (χ2n) is 4.15. The van der Waals surface area contributed by atoms with Gasteiger partial charge in [-0.15, -0.1) is 12.3 Å². The van der Waals surface area contributed by atoms with E-state index in [0.29, 0.717) is 25.7 Å². The van der Waals surface area contributed by atoms with Crippen LogP contribution in [-0.4, -0.2) is 5.78 Å². The van der Waals surface area contributed by atoms with Gasteiger partial charge in [-0.2, -0.15) is 0 Å². The molecule has 90 valence electrons. The summed E-state index contributed by atoms with van der Waals surface area (Å²) in [6, 6.07) is 9.82. The third kappa shape index (κ3) is 5.33. The maximum atomic E-state index is 11.5. The van der Waals surface area contributed by atoms with Crippen LogP contribution in [0.1, 0.15) is 43.7 Å². The lowest BCUT2D eigenvalue weighted by atomic mass is 10.00. The van der Waals surface area contributed by atoms with Crippen molar-refractivity contribution in [3.8, 4) is 12.3 Å². The Labute approximate surface area is 103 Å². The number of carbonyl (C=O) groups excluding carboxylic acids is 1. The van der Waals surface area contributed by atoms with Gasteiger partial charge in [-0.3, -0.25) is 4.79 Å². The molecule has 0 aromatic heterocycles. The number of nitrogens with two attached hydrogens (primary N) is 1. The van der Waals surface area contributed by atoms with Gasteiger partial charge in [-0.25, -0.2) is 0 Å². The van der Waals surface area contributed by atoms with Crippen LogP contribution in [0.25, 0.3) is 0 Å². The molecule has 0 fully saturated rings. The molecule has 0 aliphatic heterocycles. The van der Waals surface area contributed by atoms with Crippen LogP contribution in [0.2, 0.25) is 0 Å². The zero-order valence-electron chi connectivity index (χ0n) is 10.1. The van der Waals surface area contributed by atoms with Crippen molar-refractivity contribution in [2.24, 2.45) is 5.73 Å². The van der Waals surface area contributed by atoms with Crippen LogP contribution in [0, 0.1) is 12.3 Å². The summed E-state index contributed by atoms with van der Waals surface area (Å²) in [6.45, 7) is 0. The molecule has 2 heteroatoms. The molecule has 1 unspecified atom stereocenters. The predicted molar refractivity (Wildman–Crippen MR) is 70.3 cm³/mol. The fourth-order valence-electron chi connectivity index (χ4n) is 1.70. The van der Waals surface area contributed by atoms with Gasteiger partial charge >= 0.3 is 0 Å². The van der Waals surface area contributed by atoms with E-state index in [0.717, 1.165) is 12.0 Å². The van der Waals surface area contributed by atoms with Crippen molar-refractivity contribution >= 4 is 5.78 Å². The van der Waals surface area contributed by atoms with E-state index in [2.05, 4.69) is 5.92 Å². The van der Waals surface area contributed by atoms with Gasteiger partial charge in [0.05, 0.1) is 0 Å². The zero-order chi connectivity index (χ0) is 12.5. The largest absolute Gasteiger partial charge is 0.324 e. The fraction of sp³-hybridized carbons (Fsp3) is 0.400. The van der Waals surface area contributed by atoms with Crippen LogP contribution in [0.3, 0.4) is 0 Å². The van der Waals surface area contributed by atoms with E-state index in [1.807, 2.05) is 30.3 Å². The van der Waals surface area contributed by atoms with Crippen LogP contribution < -0.4 is 5.73 Å². The molecule has 0 amide bonds. The molecule has 1 rings (SSSR count). The standard InChI is InChI=1S/C15H19NO/c1-2-3-5-10-14(17)11-12-15(16)13-8-6-4-7-9-13/h1,4,6-9,15H,3,5,10-12,16H2. The number of hydrogen-bond acceptors (Lipinski definition) is 2. The maximum Gasteiger partial charge on any atom is 0.133 e. The molecule has 2 nitrogen and oxygen atoms in total. The van der Waals surface area contributed by atoms with Crippen molar-refractivity contribution in [3.63, 3.8) is 0 Å². The first-order valence-electron chi connectivity index (χ1n) is 5.99. The number of unbranched alkanes of at least 4 members (excludes halogenated alkanes) is 1. The van der Waals surface area contributed by atoms with Crippen molar-refractivity contribution < 1.29 is 4.79 Å². The van der Waals surface area contributed by atoms with E-state index in [4.69, 9.17) is 12.2 Å². The Hall–Kier alpha value is -1.59. The lowest BCUT2D eigenvalue weighted by Crippen LogP contribution is -2.12. The van der Waals surface area contributed by atoms with Gasteiger partial charge < -0.3 is 5.73 Å². The lowest BCUT2D eigenvalue weighted by molar-refractivity contribution is -0.119. The predicted octanol–water partition coefficient (Wildman–Crippen LogP) is 2.84. The quantitative estimate of drug-likeness (QED) is 0.577. The Kier molecular flexibility index (Phi) is 6.06. The first-order chi connectivity index (χ1) is 8.24. The smallest absolute Gasteiger partial charge is 0.133 e. The molecule has 0 saturated carbocycles. The normalized spacial score (nSPS) is 11.8. The topological polar surface area (TPSA) is 43.1 Å². The minimum atomic E-state index is -0.0483. The number of Topliss-reactive ketones (excluding diaryl/α,β-unsaturated/α-hetero) is 1. The molecular formula is C15H19NO. The summed E-state index contributed by atoms with van der Waals surface area (Å²) >= 11 is 0. The van der Waals surface area contributed by atoms with Crippen LogP contribution in [-0.2, 0) is 4.79 Å². The minimum Gasteiger partial charge on any atom is -0.324 e. The summed E-state index contributed by atoms with van der Waals surface area (Å²) in [5, 5.41) is 0. The Balaban J connectivity index is 2.27. The highest BCUT2D eigenvalue weighted by molar-refractivity contribution is 5.78. The summed E-state index contributed by atoms with van der Waals surface area (Å²) in [5.74, 6) is 2.79. The summed E-state index contributed by atoms with van der Waals surface area (Å²) in [5.41, 5.74) is 7.10. The van der Waals surface area contributed by atoms with Gasteiger partial charge in [0.25, 0.3) is 0 Å². The lowest BCUT2D eigenvalue weighted by Gasteiger charge is -2.10. The van der Waals surface area contributed by atoms with Gasteiger partial charge in [0.1, 0.15) is 5.78 Å². The maximum absolute atomic E-state index is 11.5. The van der Waals surface area contributed by atoms with Crippen molar-refractivity contribution in [1.82, 2.24) is 0 Å². The number of hydrogen-bond donors (Lipinski definition) is 1. The summed E-state index contributed by atoms with van der Waals surface area (Å²) in [4.78, 5) is 11.5. The third-order valence-electron chi connectivity index (χ3n) is 2.74. The molecule has 0 heterocycles. The van der Waals surface area contributed by atoms with Crippen molar-refractivity contribution in [3.05, 3.63) is 35.9 Å². The molecule has 0 aliphatic rings. The van der Waals surface area contributed by atoms with Crippen molar-refractivity contribution in [1.29, 1.82) is 0 Å². The van der Waals surface area contributed by atoms with Crippen LogP contribution in [0.4, 0.5) is 0 Å². The monoisotopic (exact) mass is 229 g/mol. The molecule has 0 spiro atoms. The molecule has 17 heavy (non-hydrogen) atoms. The molecular weight excluding hydrogens is 210 g/mol. The van der Waals surface area contributed by atoms with E-state index < -0.39 is 0 Å². The Bertz CT molecular complexity index is 378. The fourth-order valence-corrected chi connectivity index (χ4v) is 1.70. The highest BCUT2D eigenvalue weighted by atomic mass is 16.1. The van der Waals surface area contributed by atoms with Gasteiger partial charge in [0, 0.05) is 25.3 Å². The summed E-state index contributed by atoms with van der Waals surface area (Å²) in [7, 11) is 0. The average Bonchev–Trinajstić information content (AvgIpc) is 2.37. The Morgan fingerprint density at radius 1 is 1.29 bits per heavy atom. The minimum absolute atomic E-state index is 0.0483. The third-order valence-corrected chi connectivity index (χ3v) is 2.74. The van der Waals surface area contributed by atoms with E-state index >= 15 is 0 Å². The Morgan fingerprint density at radius 3 is 2.65 bits per heavy atom. The molecule has 2 N–H and O–H groups in total.